The lowest BCUT2D eigenvalue weighted by molar-refractivity contribution is -0.893. The van der Waals surface area contributed by atoms with E-state index in [0.717, 1.165) is 26.0 Å². The average molecular weight is 339 g/mol. The van der Waals surface area contributed by atoms with Crippen LogP contribution in [0.1, 0.15) is 65.7 Å². The van der Waals surface area contributed by atoms with Crippen LogP contribution in [0, 0.1) is 17.8 Å². The Bertz CT molecular complexity index is 391. The summed E-state index contributed by atoms with van der Waals surface area (Å²) in [6.45, 7) is 11.1. The lowest BCUT2D eigenvalue weighted by Gasteiger charge is -2.16. The van der Waals surface area contributed by atoms with Crippen molar-refractivity contribution in [2.24, 2.45) is 5.92 Å². The van der Waals surface area contributed by atoms with E-state index in [-0.39, 0.29) is 18.0 Å². The van der Waals surface area contributed by atoms with Crippen LogP contribution in [0.3, 0.4) is 0 Å². The zero-order chi connectivity index (χ0) is 17.6. The van der Waals surface area contributed by atoms with E-state index < -0.39 is 0 Å². The summed E-state index contributed by atoms with van der Waals surface area (Å²) in [5.41, 5.74) is 0. The van der Waals surface area contributed by atoms with Gasteiger partial charge in [-0.1, -0.05) is 39.5 Å². The molecular formula is C20H36NO3+. The van der Waals surface area contributed by atoms with E-state index in [9.17, 15) is 4.79 Å². The summed E-state index contributed by atoms with van der Waals surface area (Å²) in [4.78, 5) is 13.5. The first-order valence-electron chi connectivity index (χ1n) is 9.78. The number of esters is 1. The van der Waals surface area contributed by atoms with Crippen LogP contribution >= 0.6 is 0 Å². The molecule has 0 spiro atoms. The molecule has 4 heteroatoms. The van der Waals surface area contributed by atoms with Gasteiger partial charge < -0.3 is 14.4 Å². The molecule has 0 aromatic carbocycles. The van der Waals surface area contributed by atoms with Gasteiger partial charge in [-0.3, -0.25) is 4.79 Å². The lowest BCUT2D eigenvalue weighted by Crippen LogP contribution is -3.12. The Morgan fingerprint density at radius 2 is 1.83 bits per heavy atom. The Labute approximate surface area is 148 Å². The third-order valence-corrected chi connectivity index (χ3v) is 4.40. The largest absolute Gasteiger partial charge is 0.460 e. The van der Waals surface area contributed by atoms with Crippen molar-refractivity contribution < 1.29 is 19.2 Å². The molecule has 0 radical (unpaired) electrons. The van der Waals surface area contributed by atoms with Crippen molar-refractivity contribution in [2.45, 2.75) is 71.8 Å². The SMILES string of the molecule is CCCC[NH+](CC#CC[C@H]1C[C@@H](COCCC)OC1=O)CCCC. The van der Waals surface area contributed by atoms with E-state index >= 15 is 0 Å². The molecule has 0 aromatic rings. The second-order valence-corrected chi connectivity index (χ2v) is 6.76. The molecule has 1 aliphatic heterocycles. The van der Waals surface area contributed by atoms with Gasteiger partial charge in [0.25, 0.3) is 0 Å². The van der Waals surface area contributed by atoms with Gasteiger partial charge in [0.1, 0.15) is 12.6 Å². The minimum Gasteiger partial charge on any atom is -0.460 e. The highest BCUT2D eigenvalue weighted by atomic mass is 16.6. The Morgan fingerprint density at radius 3 is 2.46 bits per heavy atom. The van der Waals surface area contributed by atoms with Crippen LogP contribution in [-0.4, -0.2) is 44.9 Å². The van der Waals surface area contributed by atoms with Crippen LogP contribution in [0.25, 0.3) is 0 Å². The molecule has 0 unspecified atom stereocenters. The normalized spacial score (nSPS) is 20.1. The maximum Gasteiger partial charge on any atom is 0.310 e. The van der Waals surface area contributed by atoms with Crippen LogP contribution < -0.4 is 4.90 Å². The number of unbranched alkanes of at least 4 members (excludes halogenated alkanes) is 2. The van der Waals surface area contributed by atoms with Crippen molar-refractivity contribution in [3.05, 3.63) is 0 Å². The number of rotatable bonds is 12. The van der Waals surface area contributed by atoms with Gasteiger partial charge >= 0.3 is 5.97 Å². The van der Waals surface area contributed by atoms with Gasteiger partial charge in [0.2, 0.25) is 0 Å². The van der Waals surface area contributed by atoms with Crippen molar-refractivity contribution >= 4 is 5.97 Å². The predicted molar refractivity (Wildman–Crippen MR) is 96.9 cm³/mol. The van der Waals surface area contributed by atoms with Crippen molar-refractivity contribution in [2.75, 3.05) is 32.8 Å². The first-order valence-corrected chi connectivity index (χ1v) is 9.78. The lowest BCUT2D eigenvalue weighted by atomic mass is 10.0. The first kappa shape index (κ1) is 21.0. The van der Waals surface area contributed by atoms with E-state index in [1.54, 1.807) is 4.90 Å². The standard InChI is InChI=1S/C20H35NO3/c1-4-7-12-21(13-8-5-2)14-10-9-11-18-16-19(24-20(18)22)17-23-15-6-3/h18-19H,4-8,11-17H2,1-3H3/p+1/t18-,19-/m0/s1. The van der Waals surface area contributed by atoms with E-state index in [0.29, 0.717) is 13.0 Å². The Kier molecular flexibility index (Phi) is 11.6. The van der Waals surface area contributed by atoms with Crippen LogP contribution in [-0.2, 0) is 14.3 Å². The number of quaternary nitrogens is 1. The number of carbonyl (C=O) groups is 1. The summed E-state index contributed by atoms with van der Waals surface area (Å²) in [7, 11) is 0. The van der Waals surface area contributed by atoms with Crippen molar-refractivity contribution in [1.82, 2.24) is 0 Å². The molecule has 0 amide bonds. The molecule has 1 N–H and O–H groups in total. The number of cyclic esters (lactones) is 1. The van der Waals surface area contributed by atoms with Crippen LogP contribution in [0.2, 0.25) is 0 Å². The minimum absolute atomic E-state index is 0.0672. The van der Waals surface area contributed by atoms with Gasteiger partial charge in [-0.05, 0) is 25.2 Å². The Hall–Kier alpha value is -1.05. The first-order chi connectivity index (χ1) is 11.7. The van der Waals surface area contributed by atoms with E-state index in [2.05, 4.69) is 32.6 Å². The minimum atomic E-state index is -0.101. The fraction of sp³-hybridized carbons (Fsp3) is 0.850. The van der Waals surface area contributed by atoms with Gasteiger partial charge in [0.05, 0.1) is 25.6 Å². The molecule has 1 rings (SSSR count). The number of hydrogen-bond acceptors (Lipinski definition) is 3. The van der Waals surface area contributed by atoms with Crippen molar-refractivity contribution in [3.8, 4) is 11.8 Å². The van der Waals surface area contributed by atoms with Gasteiger partial charge in [-0.15, -0.1) is 0 Å². The average Bonchev–Trinajstić information content (AvgIpc) is 2.93. The smallest absolute Gasteiger partial charge is 0.310 e. The monoisotopic (exact) mass is 338 g/mol. The van der Waals surface area contributed by atoms with E-state index in [1.807, 2.05) is 0 Å². The maximum atomic E-state index is 11.9. The molecule has 1 saturated heterocycles. The highest BCUT2D eigenvalue weighted by Gasteiger charge is 2.33. The summed E-state index contributed by atoms with van der Waals surface area (Å²) < 4.78 is 10.8. The Morgan fingerprint density at radius 1 is 1.12 bits per heavy atom. The molecule has 4 nitrogen and oxygen atoms in total. The van der Waals surface area contributed by atoms with Gasteiger partial charge in [-0.25, -0.2) is 0 Å². The number of carbonyl (C=O) groups excluding carboxylic acids is 1. The summed E-state index contributed by atoms with van der Waals surface area (Å²) in [5.74, 6) is 6.34. The van der Waals surface area contributed by atoms with Crippen LogP contribution in [0.15, 0.2) is 0 Å². The van der Waals surface area contributed by atoms with Crippen molar-refractivity contribution in [3.63, 3.8) is 0 Å². The molecule has 1 aliphatic rings. The van der Waals surface area contributed by atoms with Crippen molar-refractivity contribution in [1.29, 1.82) is 0 Å². The molecule has 0 saturated carbocycles. The molecule has 2 atom stereocenters. The highest BCUT2D eigenvalue weighted by molar-refractivity contribution is 5.75. The summed E-state index contributed by atoms with van der Waals surface area (Å²) in [5, 5.41) is 0. The van der Waals surface area contributed by atoms with E-state index in [4.69, 9.17) is 9.47 Å². The quantitative estimate of drug-likeness (QED) is 0.337. The maximum absolute atomic E-state index is 11.9. The third-order valence-electron chi connectivity index (χ3n) is 4.40. The molecule has 1 heterocycles. The van der Waals surface area contributed by atoms with Gasteiger partial charge in [-0.2, -0.15) is 0 Å². The molecule has 1 fully saturated rings. The zero-order valence-electron chi connectivity index (χ0n) is 15.9. The second kappa shape index (κ2) is 13.3. The predicted octanol–water partition coefficient (Wildman–Crippen LogP) is 2.22. The summed E-state index contributed by atoms with van der Waals surface area (Å²) in [6.07, 6.45) is 7.27. The number of hydrogen-bond donors (Lipinski definition) is 1. The number of nitrogens with one attached hydrogen (secondary N) is 1. The van der Waals surface area contributed by atoms with Gasteiger partial charge in [0.15, 0.2) is 0 Å². The summed E-state index contributed by atoms with van der Waals surface area (Å²) in [6, 6.07) is 0. The zero-order valence-corrected chi connectivity index (χ0v) is 15.9. The Balaban J connectivity index is 2.31. The fourth-order valence-electron chi connectivity index (χ4n) is 2.89. The molecule has 0 bridgehead atoms. The molecular weight excluding hydrogens is 302 g/mol. The fourth-order valence-corrected chi connectivity index (χ4v) is 2.89. The molecule has 138 valence electrons. The van der Waals surface area contributed by atoms with Crippen LogP contribution in [0.5, 0.6) is 0 Å². The second-order valence-electron chi connectivity index (χ2n) is 6.76. The number of ether oxygens (including phenoxy) is 2. The van der Waals surface area contributed by atoms with Gasteiger partial charge in [0, 0.05) is 19.4 Å². The topological polar surface area (TPSA) is 40.0 Å². The molecule has 0 aromatic heterocycles. The highest BCUT2D eigenvalue weighted by Crippen LogP contribution is 2.23. The van der Waals surface area contributed by atoms with Crippen LogP contribution in [0.4, 0.5) is 0 Å². The molecule has 0 aliphatic carbocycles. The van der Waals surface area contributed by atoms with E-state index in [1.165, 1.54) is 38.8 Å². The third kappa shape index (κ3) is 8.70. The summed E-state index contributed by atoms with van der Waals surface area (Å²) >= 11 is 0. The molecule has 24 heavy (non-hydrogen) atoms.